The molecule has 0 radical (unpaired) electrons. The van der Waals surface area contributed by atoms with Gasteiger partial charge in [0.25, 0.3) is 0 Å². The molecule has 0 heterocycles. The summed E-state index contributed by atoms with van der Waals surface area (Å²) >= 11 is 0. The van der Waals surface area contributed by atoms with Gasteiger partial charge in [-0.3, -0.25) is 4.79 Å². The van der Waals surface area contributed by atoms with Crippen molar-refractivity contribution in [1.29, 1.82) is 0 Å². The Kier molecular flexibility index (Phi) is 8.77. The normalized spacial score (nSPS) is 16.7. The van der Waals surface area contributed by atoms with Crippen LogP contribution in [0.4, 0.5) is 0 Å². The highest BCUT2D eigenvalue weighted by Crippen LogP contribution is 2.31. The van der Waals surface area contributed by atoms with Crippen LogP contribution in [-0.2, 0) is 21.2 Å². The van der Waals surface area contributed by atoms with Crippen molar-refractivity contribution < 1.29 is 13.2 Å². The molecule has 1 amide bonds. The largest absolute Gasteiger partial charge is 0.349 e. The smallest absolute Gasteiger partial charge is 0.238 e. The highest BCUT2D eigenvalue weighted by Gasteiger charge is 2.23. The predicted octanol–water partition coefficient (Wildman–Crippen LogP) is 4.36. The van der Waals surface area contributed by atoms with Gasteiger partial charge in [0.2, 0.25) is 15.9 Å². The SMILES string of the molecule is CCCCCCCCCCC(=O)NC1CCCc2cc(S(N)(=O)=O)ccc21. The number of hydrogen-bond donors (Lipinski definition) is 2. The van der Waals surface area contributed by atoms with Gasteiger partial charge in [-0.05, 0) is 48.9 Å². The molecule has 1 aromatic carbocycles. The van der Waals surface area contributed by atoms with Crippen molar-refractivity contribution in [3.05, 3.63) is 29.3 Å². The van der Waals surface area contributed by atoms with Crippen molar-refractivity contribution in [2.24, 2.45) is 5.14 Å². The molecule has 0 saturated heterocycles. The Morgan fingerprint density at radius 2 is 1.78 bits per heavy atom. The van der Waals surface area contributed by atoms with Crippen LogP contribution in [0.1, 0.15) is 94.7 Å². The van der Waals surface area contributed by atoms with E-state index in [-0.39, 0.29) is 16.8 Å². The van der Waals surface area contributed by atoms with E-state index >= 15 is 0 Å². The lowest BCUT2D eigenvalue weighted by atomic mass is 9.87. The molecule has 0 fully saturated rings. The van der Waals surface area contributed by atoms with Crippen LogP contribution in [0.5, 0.6) is 0 Å². The summed E-state index contributed by atoms with van der Waals surface area (Å²) in [5.41, 5.74) is 2.00. The Balaban J connectivity index is 1.77. The fraction of sp³-hybridized carbons (Fsp3) is 0.667. The number of primary sulfonamides is 1. The van der Waals surface area contributed by atoms with E-state index in [1.54, 1.807) is 12.1 Å². The van der Waals surface area contributed by atoms with Gasteiger partial charge in [-0.1, -0.05) is 57.9 Å². The van der Waals surface area contributed by atoms with Crippen molar-refractivity contribution in [2.75, 3.05) is 0 Å². The van der Waals surface area contributed by atoms with Crippen LogP contribution in [0.2, 0.25) is 0 Å². The Labute approximate surface area is 164 Å². The summed E-state index contributed by atoms with van der Waals surface area (Å²) in [5, 5.41) is 8.35. The van der Waals surface area contributed by atoms with Crippen molar-refractivity contribution >= 4 is 15.9 Å². The van der Waals surface area contributed by atoms with E-state index in [9.17, 15) is 13.2 Å². The highest BCUT2D eigenvalue weighted by atomic mass is 32.2. The fourth-order valence-corrected chi connectivity index (χ4v) is 4.37. The van der Waals surface area contributed by atoms with Crippen molar-refractivity contribution in [3.63, 3.8) is 0 Å². The molecule has 1 aliphatic carbocycles. The molecular formula is C21H34N2O3S. The monoisotopic (exact) mass is 394 g/mol. The number of fused-ring (bicyclic) bond motifs is 1. The zero-order chi connectivity index (χ0) is 19.7. The van der Waals surface area contributed by atoms with Crippen LogP contribution in [0.25, 0.3) is 0 Å². The second-order valence-electron chi connectivity index (χ2n) is 7.64. The van der Waals surface area contributed by atoms with Crippen molar-refractivity contribution in [3.8, 4) is 0 Å². The van der Waals surface area contributed by atoms with Gasteiger partial charge in [0, 0.05) is 6.42 Å². The number of rotatable bonds is 11. The van der Waals surface area contributed by atoms with E-state index in [4.69, 9.17) is 5.14 Å². The third kappa shape index (κ3) is 7.26. The third-order valence-corrected chi connectivity index (χ3v) is 6.26. The first-order valence-corrected chi connectivity index (χ1v) is 11.9. The number of nitrogens with one attached hydrogen (secondary N) is 1. The van der Waals surface area contributed by atoms with Crippen molar-refractivity contribution in [2.45, 2.75) is 94.9 Å². The van der Waals surface area contributed by atoms with Crippen LogP contribution >= 0.6 is 0 Å². The maximum absolute atomic E-state index is 12.3. The van der Waals surface area contributed by atoms with Gasteiger partial charge >= 0.3 is 0 Å². The second kappa shape index (κ2) is 10.8. The zero-order valence-corrected chi connectivity index (χ0v) is 17.3. The van der Waals surface area contributed by atoms with E-state index < -0.39 is 10.0 Å². The number of hydrogen-bond acceptors (Lipinski definition) is 3. The number of amides is 1. The molecule has 1 unspecified atom stereocenters. The summed E-state index contributed by atoms with van der Waals surface area (Å²) in [7, 11) is -3.69. The summed E-state index contributed by atoms with van der Waals surface area (Å²) in [6, 6.07) is 4.97. The number of carbonyl (C=O) groups excluding carboxylic acids is 1. The number of benzene rings is 1. The van der Waals surface area contributed by atoms with E-state index in [1.165, 1.54) is 44.6 Å². The molecule has 6 heteroatoms. The predicted molar refractivity (Wildman–Crippen MR) is 109 cm³/mol. The lowest BCUT2D eigenvalue weighted by Crippen LogP contribution is -2.31. The Morgan fingerprint density at radius 1 is 1.11 bits per heavy atom. The van der Waals surface area contributed by atoms with Gasteiger partial charge in [0.15, 0.2) is 0 Å². The summed E-state index contributed by atoms with van der Waals surface area (Å²) in [6.07, 6.45) is 13.0. The van der Waals surface area contributed by atoms with Gasteiger partial charge in [0.05, 0.1) is 10.9 Å². The molecule has 0 saturated carbocycles. The molecule has 0 aromatic heterocycles. The first-order valence-electron chi connectivity index (χ1n) is 10.4. The molecule has 5 nitrogen and oxygen atoms in total. The molecule has 3 N–H and O–H groups in total. The maximum atomic E-state index is 12.3. The van der Waals surface area contributed by atoms with Gasteiger partial charge in [-0.2, -0.15) is 0 Å². The minimum absolute atomic E-state index is 0.0233. The zero-order valence-electron chi connectivity index (χ0n) is 16.5. The molecule has 1 atom stereocenters. The molecule has 2 rings (SSSR count). The third-order valence-electron chi connectivity index (χ3n) is 5.35. The molecule has 0 aliphatic heterocycles. The Bertz CT molecular complexity index is 716. The van der Waals surface area contributed by atoms with Gasteiger partial charge in [-0.25, -0.2) is 13.6 Å². The maximum Gasteiger partial charge on any atom is 0.238 e. The minimum atomic E-state index is -3.69. The minimum Gasteiger partial charge on any atom is -0.349 e. The van der Waals surface area contributed by atoms with Crippen LogP contribution < -0.4 is 10.5 Å². The Morgan fingerprint density at radius 3 is 2.44 bits per heavy atom. The number of aryl methyl sites for hydroxylation is 1. The van der Waals surface area contributed by atoms with E-state index in [1.807, 2.05) is 0 Å². The Hall–Kier alpha value is -1.40. The summed E-state index contributed by atoms with van der Waals surface area (Å²) in [4.78, 5) is 12.4. The number of unbranched alkanes of at least 4 members (excludes halogenated alkanes) is 7. The second-order valence-corrected chi connectivity index (χ2v) is 9.20. The summed E-state index contributed by atoms with van der Waals surface area (Å²) in [5.74, 6) is 0.0920. The topological polar surface area (TPSA) is 89.3 Å². The quantitative estimate of drug-likeness (QED) is 0.547. The standard InChI is InChI=1S/C21H34N2O3S/c1-2-3-4-5-6-7-8-9-13-21(24)23-20-12-10-11-17-16-18(27(22,25)26)14-15-19(17)20/h14-16,20H,2-13H2,1H3,(H,23,24)(H2,22,25,26). The summed E-state index contributed by atoms with van der Waals surface area (Å²) in [6.45, 7) is 2.22. The molecule has 1 aliphatic rings. The van der Waals surface area contributed by atoms with E-state index in [2.05, 4.69) is 12.2 Å². The molecule has 1 aromatic rings. The lowest BCUT2D eigenvalue weighted by molar-refractivity contribution is -0.122. The lowest BCUT2D eigenvalue weighted by Gasteiger charge is -2.27. The molecule has 0 spiro atoms. The molecule has 0 bridgehead atoms. The van der Waals surface area contributed by atoms with Crippen LogP contribution in [0, 0.1) is 0 Å². The van der Waals surface area contributed by atoms with E-state index in [0.717, 1.165) is 43.2 Å². The number of sulfonamides is 1. The fourth-order valence-electron chi connectivity index (χ4n) is 3.80. The molecule has 27 heavy (non-hydrogen) atoms. The van der Waals surface area contributed by atoms with Gasteiger partial charge < -0.3 is 5.32 Å². The first kappa shape index (κ1) is 21.9. The molecular weight excluding hydrogens is 360 g/mol. The van der Waals surface area contributed by atoms with Crippen LogP contribution in [0.15, 0.2) is 23.1 Å². The van der Waals surface area contributed by atoms with Gasteiger partial charge in [0.1, 0.15) is 0 Å². The average Bonchev–Trinajstić information content (AvgIpc) is 2.63. The average molecular weight is 395 g/mol. The number of nitrogens with two attached hydrogens (primary N) is 1. The van der Waals surface area contributed by atoms with Crippen LogP contribution in [0.3, 0.4) is 0 Å². The van der Waals surface area contributed by atoms with Crippen LogP contribution in [-0.4, -0.2) is 14.3 Å². The first-order chi connectivity index (χ1) is 12.9. The molecule has 152 valence electrons. The van der Waals surface area contributed by atoms with Crippen molar-refractivity contribution in [1.82, 2.24) is 5.32 Å². The van der Waals surface area contributed by atoms with E-state index in [0.29, 0.717) is 6.42 Å². The number of carbonyl (C=O) groups is 1. The highest BCUT2D eigenvalue weighted by molar-refractivity contribution is 7.89. The van der Waals surface area contributed by atoms with Gasteiger partial charge in [-0.15, -0.1) is 0 Å². The summed E-state index contributed by atoms with van der Waals surface area (Å²) < 4.78 is 23.1.